The number of rotatable bonds is 12. The maximum atomic E-state index is 2.39. The number of fused-ring (bicyclic) bond motifs is 1. The van der Waals surface area contributed by atoms with Gasteiger partial charge in [0.25, 0.3) is 0 Å². The van der Waals surface area contributed by atoms with Gasteiger partial charge in [-0.3, -0.25) is 0 Å². The molecule has 0 nitrogen and oxygen atoms in total. The highest BCUT2D eigenvalue weighted by atomic mass is 32.1. The van der Waals surface area contributed by atoms with Gasteiger partial charge in [-0.1, -0.05) is 89.3 Å². The molecule has 0 fully saturated rings. The van der Waals surface area contributed by atoms with Crippen molar-refractivity contribution < 1.29 is 0 Å². The Morgan fingerprint density at radius 3 is 1.95 bits per heavy atom. The van der Waals surface area contributed by atoms with Crippen LogP contribution in [0.3, 0.4) is 0 Å². The Morgan fingerprint density at radius 1 is 0.727 bits per heavy atom. The van der Waals surface area contributed by atoms with Gasteiger partial charge in [-0.15, -0.1) is 11.3 Å². The van der Waals surface area contributed by atoms with Gasteiger partial charge in [0.05, 0.1) is 0 Å². The zero-order valence-corrected chi connectivity index (χ0v) is 15.1. The minimum atomic E-state index is 1.27. The van der Waals surface area contributed by atoms with Crippen LogP contribution in [0.2, 0.25) is 0 Å². The zero-order valence-electron chi connectivity index (χ0n) is 14.3. The Kier molecular flexibility index (Phi) is 8.63. The van der Waals surface area contributed by atoms with Gasteiger partial charge in [0.2, 0.25) is 0 Å². The monoisotopic (exact) mass is 316 g/mol. The molecule has 0 unspecified atom stereocenters. The number of benzene rings is 1. The van der Waals surface area contributed by atoms with Gasteiger partial charge >= 0.3 is 0 Å². The number of thiophene rings is 1. The average molecular weight is 317 g/mol. The molecular formula is C21H32S. The molecule has 1 heteroatoms. The molecular weight excluding hydrogens is 284 g/mol. The van der Waals surface area contributed by atoms with Crippen molar-refractivity contribution in [3.8, 4) is 0 Å². The summed E-state index contributed by atoms with van der Waals surface area (Å²) in [5, 5.41) is 1.42. The van der Waals surface area contributed by atoms with Gasteiger partial charge in [-0.2, -0.15) is 0 Å². The van der Waals surface area contributed by atoms with Gasteiger partial charge < -0.3 is 0 Å². The second-order valence-corrected chi connectivity index (χ2v) is 7.70. The molecule has 1 aromatic carbocycles. The van der Waals surface area contributed by atoms with Crippen molar-refractivity contribution in [2.75, 3.05) is 0 Å². The molecule has 0 aliphatic heterocycles. The SMILES string of the molecule is CCCCCCCCCCCCCc1cc2ccccc2s1. The summed E-state index contributed by atoms with van der Waals surface area (Å²) in [4.78, 5) is 1.57. The number of hydrogen-bond donors (Lipinski definition) is 0. The van der Waals surface area contributed by atoms with Gasteiger partial charge in [-0.25, -0.2) is 0 Å². The van der Waals surface area contributed by atoms with E-state index >= 15 is 0 Å². The summed E-state index contributed by atoms with van der Waals surface area (Å²) in [5.41, 5.74) is 0. The zero-order chi connectivity index (χ0) is 15.5. The summed E-state index contributed by atoms with van der Waals surface area (Å²) in [5.74, 6) is 0. The maximum absolute atomic E-state index is 2.39. The topological polar surface area (TPSA) is 0 Å². The van der Waals surface area contributed by atoms with Crippen molar-refractivity contribution in [2.24, 2.45) is 0 Å². The molecule has 0 aliphatic rings. The molecule has 2 aromatic rings. The van der Waals surface area contributed by atoms with Crippen molar-refractivity contribution in [3.05, 3.63) is 35.2 Å². The lowest BCUT2D eigenvalue weighted by Gasteiger charge is -2.02. The van der Waals surface area contributed by atoms with Crippen LogP contribution in [0.4, 0.5) is 0 Å². The average Bonchev–Trinajstić information content (AvgIpc) is 2.95. The maximum Gasteiger partial charge on any atom is 0.0345 e. The fraction of sp³-hybridized carbons (Fsp3) is 0.619. The largest absolute Gasteiger partial charge is 0.140 e. The lowest BCUT2D eigenvalue weighted by molar-refractivity contribution is 0.550. The van der Waals surface area contributed by atoms with Crippen molar-refractivity contribution in [3.63, 3.8) is 0 Å². The number of unbranched alkanes of at least 4 members (excludes halogenated alkanes) is 10. The van der Waals surface area contributed by atoms with Crippen molar-refractivity contribution >= 4 is 21.4 Å². The van der Waals surface area contributed by atoms with E-state index in [0.29, 0.717) is 0 Å². The van der Waals surface area contributed by atoms with Crippen LogP contribution in [0.15, 0.2) is 30.3 Å². The number of hydrogen-bond acceptors (Lipinski definition) is 1. The van der Waals surface area contributed by atoms with Gasteiger partial charge in [0.1, 0.15) is 0 Å². The van der Waals surface area contributed by atoms with E-state index in [0.717, 1.165) is 0 Å². The Balaban J connectivity index is 1.46. The number of aryl methyl sites for hydroxylation is 1. The summed E-state index contributed by atoms with van der Waals surface area (Å²) < 4.78 is 1.44. The highest BCUT2D eigenvalue weighted by Crippen LogP contribution is 2.26. The molecule has 0 spiro atoms. The third-order valence-electron chi connectivity index (χ3n) is 4.50. The summed E-state index contributed by atoms with van der Waals surface area (Å²) in [6.07, 6.45) is 17.0. The quantitative estimate of drug-likeness (QED) is 0.351. The standard InChI is InChI=1S/C21H32S/c1-2-3-4-5-6-7-8-9-10-11-12-16-20-18-19-15-13-14-17-21(19)22-20/h13-15,17-18H,2-12,16H2,1H3. The van der Waals surface area contributed by atoms with E-state index in [1.807, 2.05) is 11.3 Å². The molecule has 2 rings (SSSR count). The molecule has 0 N–H and O–H groups in total. The van der Waals surface area contributed by atoms with Crippen LogP contribution in [0.25, 0.3) is 10.1 Å². The van der Waals surface area contributed by atoms with Crippen LogP contribution in [-0.2, 0) is 6.42 Å². The molecule has 1 heterocycles. The summed E-state index contributed by atoms with van der Waals surface area (Å²) in [7, 11) is 0. The Labute approximate surface area is 140 Å². The second kappa shape index (κ2) is 10.8. The molecule has 0 bridgehead atoms. The van der Waals surface area contributed by atoms with Gasteiger partial charge in [-0.05, 0) is 30.4 Å². The smallest absolute Gasteiger partial charge is 0.0345 e. The lowest BCUT2D eigenvalue weighted by atomic mass is 10.1. The lowest BCUT2D eigenvalue weighted by Crippen LogP contribution is -1.84. The third kappa shape index (κ3) is 6.52. The van der Waals surface area contributed by atoms with E-state index in [1.54, 1.807) is 4.88 Å². The van der Waals surface area contributed by atoms with Crippen molar-refractivity contribution in [1.82, 2.24) is 0 Å². The molecule has 0 radical (unpaired) electrons. The first kappa shape index (κ1) is 17.5. The molecule has 0 saturated heterocycles. The van der Waals surface area contributed by atoms with E-state index in [4.69, 9.17) is 0 Å². The first-order valence-corrected chi connectivity index (χ1v) is 10.2. The van der Waals surface area contributed by atoms with Crippen molar-refractivity contribution in [1.29, 1.82) is 0 Å². The first-order chi connectivity index (χ1) is 10.9. The molecule has 0 saturated carbocycles. The predicted molar refractivity (Wildman–Crippen MR) is 102 cm³/mol. The molecule has 0 aliphatic carbocycles. The Bertz CT molecular complexity index is 478. The van der Waals surface area contributed by atoms with Crippen LogP contribution in [0, 0.1) is 0 Å². The van der Waals surface area contributed by atoms with E-state index in [2.05, 4.69) is 37.3 Å². The van der Waals surface area contributed by atoms with Crippen LogP contribution < -0.4 is 0 Å². The van der Waals surface area contributed by atoms with Crippen LogP contribution >= 0.6 is 11.3 Å². The van der Waals surface area contributed by atoms with E-state index in [-0.39, 0.29) is 0 Å². The fourth-order valence-corrected chi connectivity index (χ4v) is 4.23. The molecule has 22 heavy (non-hydrogen) atoms. The molecule has 0 atom stereocenters. The van der Waals surface area contributed by atoms with E-state index < -0.39 is 0 Å². The molecule has 0 amide bonds. The van der Waals surface area contributed by atoms with E-state index in [9.17, 15) is 0 Å². The highest BCUT2D eigenvalue weighted by Gasteiger charge is 2.01. The van der Waals surface area contributed by atoms with Crippen LogP contribution in [0.5, 0.6) is 0 Å². The van der Waals surface area contributed by atoms with Crippen molar-refractivity contribution in [2.45, 2.75) is 84.0 Å². The molecule has 1 aromatic heterocycles. The predicted octanol–water partition coefficient (Wildman–Crippen LogP) is 7.75. The minimum absolute atomic E-state index is 1.27. The minimum Gasteiger partial charge on any atom is -0.140 e. The Morgan fingerprint density at radius 2 is 1.32 bits per heavy atom. The van der Waals surface area contributed by atoms with Gasteiger partial charge in [0, 0.05) is 9.58 Å². The van der Waals surface area contributed by atoms with Crippen LogP contribution in [-0.4, -0.2) is 0 Å². The summed E-state index contributed by atoms with van der Waals surface area (Å²) in [6.45, 7) is 2.29. The normalized spacial score (nSPS) is 11.3. The first-order valence-electron chi connectivity index (χ1n) is 9.37. The fourth-order valence-electron chi connectivity index (χ4n) is 3.12. The molecule has 122 valence electrons. The van der Waals surface area contributed by atoms with Crippen LogP contribution in [0.1, 0.15) is 82.4 Å². The third-order valence-corrected chi connectivity index (χ3v) is 5.68. The van der Waals surface area contributed by atoms with Gasteiger partial charge in [0.15, 0.2) is 0 Å². The summed E-state index contributed by atoms with van der Waals surface area (Å²) >= 11 is 1.98. The Hall–Kier alpha value is -0.820. The van der Waals surface area contributed by atoms with E-state index in [1.165, 1.54) is 87.1 Å². The summed E-state index contributed by atoms with van der Waals surface area (Å²) in [6, 6.07) is 11.1. The second-order valence-electron chi connectivity index (χ2n) is 6.54. The highest BCUT2D eigenvalue weighted by molar-refractivity contribution is 7.19.